The van der Waals surface area contributed by atoms with Crippen LogP contribution in [0.3, 0.4) is 0 Å². The number of benzene rings is 3. The Morgan fingerprint density at radius 2 is 1.47 bits per heavy atom. The normalized spacial score (nSPS) is 12.0. The van der Waals surface area contributed by atoms with Gasteiger partial charge in [0.05, 0.1) is 31.9 Å². The van der Waals surface area contributed by atoms with Crippen molar-refractivity contribution in [1.82, 2.24) is 10.2 Å². The highest BCUT2D eigenvalue weighted by molar-refractivity contribution is 7.92. The van der Waals surface area contributed by atoms with Crippen LogP contribution in [0.1, 0.15) is 32.8 Å². The molecule has 10 nitrogen and oxygen atoms in total. The smallest absolute Gasteiger partial charge is 0.265 e. The summed E-state index contributed by atoms with van der Waals surface area (Å²) in [5.41, 5.74) is 0.406. The van der Waals surface area contributed by atoms with Crippen LogP contribution in [0.15, 0.2) is 59.5 Å². The molecule has 0 radical (unpaired) electrons. The third-order valence-electron chi connectivity index (χ3n) is 6.84. The molecule has 0 saturated heterocycles. The minimum absolute atomic E-state index is 0.00328. The van der Waals surface area contributed by atoms with Crippen LogP contribution in [0.2, 0.25) is 15.1 Å². The number of rotatable bonds is 14. The summed E-state index contributed by atoms with van der Waals surface area (Å²) in [4.78, 5) is 28.8. The van der Waals surface area contributed by atoms with Crippen molar-refractivity contribution in [1.29, 1.82) is 0 Å². The fourth-order valence-corrected chi connectivity index (χ4v) is 6.75. The van der Waals surface area contributed by atoms with Crippen LogP contribution in [0.4, 0.5) is 5.69 Å². The number of methoxy groups -OCH3 is 3. The van der Waals surface area contributed by atoms with Gasteiger partial charge in [0.25, 0.3) is 10.0 Å². The summed E-state index contributed by atoms with van der Waals surface area (Å²) in [6, 6.07) is 12.1. The molecule has 45 heavy (non-hydrogen) atoms. The molecule has 0 aliphatic heterocycles. The second kappa shape index (κ2) is 15.8. The number of anilines is 1. The SMILES string of the molecule is CCC(C(=O)NC(C)C)N(Cc1c(Cl)cccc1Cl)C(=O)CN(c1cc(Cl)ccc1OC)S(=O)(=O)c1ccc(OC)c(OC)c1. The molecule has 0 spiro atoms. The first-order valence-corrected chi connectivity index (χ1v) is 16.5. The van der Waals surface area contributed by atoms with Crippen LogP contribution in [0, 0.1) is 0 Å². The molecule has 3 aromatic rings. The first-order valence-electron chi connectivity index (χ1n) is 13.9. The molecule has 0 aromatic heterocycles. The summed E-state index contributed by atoms with van der Waals surface area (Å²) in [7, 11) is -0.326. The van der Waals surface area contributed by atoms with Crippen LogP contribution >= 0.6 is 34.8 Å². The van der Waals surface area contributed by atoms with E-state index in [1.54, 1.807) is 39.0 Å². The zero-order valence-electron chi connectivity index (χ0n) is 25.8. The van der Waals surface area contributed by atoms with Gasteiger partial charge in [0.15, 0.2) is 11.5 Å². The summed E-state index contributed by atoms with van der Waals surface area (Å²) < 4.78 is 45.7. The number of amides is 2. The number of sulfonamides is 1. The van der Waals surface area contributed by atoms with Crippen molar-refractivity contribution >= 4 is 62.3 Å². The third kappa shape index (κ3) is 8.46. The standard InChI is InChI=1S/C31H36Cl3N3O7S/c1-7-25(31(39)35-19(2)3)36(17-22-23(33)9-8-10-24(22)34)30(38)18-37(26-15-20(32)11-13-27(26)42-4)45(40,41)21-12-14-28(43-5)29(16-21)44-6/h8-16,19,25H,7,17-18H2,1-6H3,(H,35,39). The topological polar surface area (TPSA) is 114 Å². The van der Waals surface area contributed by atoms with E-state index in [4.69, 9.17) is 49.0 Å². The van der Waals surface area contributed by atoms with Gasteiger partial charge in [0.2, 0.25) is 11.8 Å². The molecule has 0 fully saturated rings. The van der Waals surface area contributed by atoms with Crippen molar-refractivity contribution in [2.45, 2.75) is 50.7 Å². The Bertz CT molecular complexity index is 1620. The molecular weight excluding hydrogens is 665 g/mol. The minimum atomic E-state index is -4.49. The summed E-state index contributed by atoms with van der Waals surface area (Å²) >= 11 is 19.3. The Morgan fingerprint density at radius 1 is 0.867 bits per heavy atom. The number of hydrogen-bond donors (Lipinski definition) is 1. The van der Waals surface area contributed by atoms with E-state index in [0.29, 0.717) is 11.3 Å². The van der Waals surface area contributed by atoms with Crippen LogP contribution in [0.25, 0.3) is 0 Å². The zero-order chi connectivity index (χ0) is 33.5. The molecule has 1 N–H and O–H groups in total. The van der Waals surface area contributed by atoms with Crippen molar-refractivity contribution in [3.8, 4) is 17.2 Å². The fourth-order valence-electron chi connectivity index (χ4n) is 4.63. The highest BCUT2D eigenvalue weighted by atomic mass is 35.5. The quantitative estimate of drug-likeness (QED) is 0.213. The lowest BCUT2D eigenvalue weighted by Crippen LogP contribution is -2.53. The highest BCUT2D eigenvalue weighted by Gasteiger charge is 2.36. The summed E-state index contributed by atoms with van der Waals surface area (Å²) in [6.45, 7) is 4.44. The Kier molecular flexibility index (Phi) is 12.6. The lowest BCUT2D eigenvalue weighted by atomic mass is 10.1. The number of carbonyl (C=O) groups is 2. The van der Waals surface area contributed by atoms with Gasteiger partial charge in [0, 0.05) is 39.3 Å². The Labute approximate surface area is 279 Å². The molecule has 1 atom stereocenters. The maximum Gasteiger partial charge on any atom is 0.265 e. The van der Waals surface area contributed by atoms with E-state index in [2.05, 4.69) is 5.32 Å². The summed E-state index contributed by atoms with van der Waals surface area (Å²) in [6.07, 6.45) is 0.218. The fraction of sp³-hybridized carbons (Fsp3) is 0.355. The molecule has 3 aromatic carbocycles. The van der Waals surface area contributed by atoms with Gasteiger partial charge < -0.3 is 24.4 Å². The average Bonchev–Trinajstić information content (AvgIpc) is 3.00. The number of halogens is 3. The predicted octanol–water partition coefficient (Wildman–Crippen LogP) is 6.20. The van der Waals surface area contributed by atoms with E-state index in [1.165, 1.54) is 62.6 Å². The van der Waals surface area contributed by atoms with Gasteiger partial charge in [-0.3, -0.25) is 13.9 Å². The summed E-state index contributed by atoms with van der Waals surface area (Å²) in [5, 5.41) is 3.61. The van der Waals surface area contributed by atoms with Crippen molar-refractivity contribution in [2.75, 3.05) is 32.2 Å². The third-order valence-corrected chi connectivity index (χ3v) is 9.54. The zero-order valence-corrected chi connectivity index (χ0v) is 28.9. The first-order chi connectivity index (χ1) is 21.3. The molecule has 0 aliphatic rings. The number of carbonyl (C=O) groups excluding carboxylic acids is 2. The lowest BCUT2D eigenvalue weighted by molar-refractivity contribution is -0.140. The van der Waals surface area contributed by atoms with Crippen LogP contribution in [0.5, 0.6) is 17.2 Å². The lowest BCUT2D eigenvalue weighted by Gasteiger charge is -2.34. The van der Waals surface area contributed by atoms with Crippen LogP contribution in [-0.2, 0) is 26.2 Å². The number of nitrogens with one attached hydrogen (secondary N) is 1. The van der Waals surface area contributed by atoms with E-state index in [1.807, 2.05) is 0 Å². The number of ether oxygens (including phenoxy) is 3. The molecule has 3 rings (SSSR count). The molecular formula is C31H36Cl3N3O7S. The highest BCUT2D eigenvalue weighted by Crippen LogP contribution is 2.37. The molecule has 0 saturated carbocycles. The predicted molar refractivity (Wildman–Crippen MR) is 176 cm³/mol. The van der Waals surface area contributed by atoms with Gasteiger partial charge in [-0.1, -0.05) is 47.8 Å². The molecule has 1 unspecified atom stereocenters. The molecule has 244 valence electrons. The molecule has 14 heteroatoms. The summed E-state index contributed by atoms with van der Waals surface area (Å²) in [5.74, 6) is -0.513. The molecule has 0 bridgehead atoms. The Hall–Kier alpha value is -3.38. The van der Waals surface area contributed by atoms with Crippen LogP contribution in [-0.4, -0.2) is 65.1 Å². The minimum Gasteiger partial charge on any atom is -0.495 e. The second-order valence-electron chi connectivity index (χ2n) is 10.2. The van der Waals surface area contributed by atoms with Gasteiger partial charge in [0.1, 0.15) is 18.3 Å². The van der Waals surface area contributed by atoms with Crippen molar-refractivity contribution in [3.63, 3.8) is 0 Å². The monoisotopic (exact) mass is 699 g/mol. The van der Waals surface area contributed by atoms with Gasteiger partial charge in [-0.25, -0.2) is 8.42 Å². The number of hydrogen-bond acceptors (Lipinski definition) is 7. The van der Waals surface area contributed by atoms with E-state index in [-0.39, 0.29) is 56.2 Å². The van der Waals surface area contributed by atoms with Gasteiger partial charge in [-0.2, -0.15) is 0 Å². The molecule has 0 heterocycles. The number of nitrogens with zero attached hydrogens (tertiary/aromatic N) is 2. The van der Waals surface area contributed by atoms with Gasteiger partial charge >= 0.3 is 0 Å². The Balaban J connectivity index is 2.22. The average molecular weight is 701 g/mol. The van der Waals surface area contributed by atoms with Crippen molar-refractivity contribution < 1.29 is 32.2 Å². The second-order valence-corrected chi connectivity index (χ2v) is 13.3. The van der Waals surface area contributed by atoms with E-state index >= 15 is 0 Å². The van der Waals surface area contributed by atoms with E-state index < -0.39 is 34.4 Å². The van der Waals surface area contributed by atoms with Crippen LogP contribution < -0.4 is 23.8 Å². The van der Waals surface area contributed by atoms with Crippen molar-refractivity contribution in [3.05, 3.63) is 75.2 Å². The Morgan fingerprint density at radius 3 is 2.02 bits per heavy atom. The van der Waals surface area contributed by atoms with E-state index in [9.17, 15) is 18.0 Å². The first kappa shape index (κ1) is 36.1. The maximum atomic E-state index is 14.4. The molecule has 2 amide bonds. The maximum absolute atomic E-state index is 14.4. The van der Waals surface area contributed by atoms with Gasteiger partial charge in [-0.15, -0.1) is 0 Å². The molecule has 0 aliphatic carbocycles. The van der Waals surface area contributed by atoms with Crippen molar-refractivity contribution in [2.24, 2.45) is 0 Å². The largest absolute Gasteiger partial charge is 0.495 e. The van der Waals surface area contributed by atoms with Gasteiger partial charge in [-0.05, 0) is 62.7 Å². The van der Waals surface area contributed by atoms with E-state index in [0.717, 1.165) is 4.31 Å².